The highest BCUT2D eigenvalue weighted by molar-refractivity contribution is 5.98. The van der Waals surface area contributed by atoms with Crippen LogP contribution in [0.2, 0.25) is 0 Å². The van der Waals surface area contributed by atoms with E-state index in [0.717, 1.165) is 43.6 Å². The number of carbonyl (C=O) groups excluding carboxylic acids is 1. The molecule has 0 radical (unpaired) electrons. The Morgan fingerprint density at radius 2 is 1.64 bits per heavy atom. The predicted molar refractivity (Wildman–Crippen MR) is 113 cm³/mol. The Bertz CT molecular complexity index is 983. The summed E-state index contributed by atoms with van der Waals surface area (Å²) in [6, 6.07) is 19.1. The first-order chi connectivity index (χ1) is 12.7. The number of halogens is 1. The van der Waals surface area contributed by atoms with E-state index >= 15 is 0 Å². The molecule has 2 aromatic carbocycles. The third kappa shape index (κ3) is 4.78. The number of rotatable bonds is 3. The first-order valence-corrected chi connectivity index (χ1v) is 8.88. The number of nitrogens with one attached hydrogen (secondary N) is 1. The number of amides is 1. The van der Waals surface area contributed by atoms with Crippen molar-refractivity contribution in [3.05, 3.63) is 82.1 Å². The standard InChI is InChI=1S/C21H21N3O2.ClH.H2O/c25-20-9-7-17-14-18(6-8-19(17)22-20)21(26)24-12-10-23(11-13-24)15-16-4-2-1-3-5-16;;/h1-9,14H,10-13,15H2,(H,22,25);1H;1H2. The molecule has 6 nitrogen and oxygen atoms in total. The Labute approximate surface area is 169 Å². The van der Waals surface area contributed by atoms with Crippen LogP contribution < -0.4 is 5.56 Å². The van der Waals surface area contributed by atoms with Crippen LogP contribution in [0.4, 0.5) is 0 Å². The van der Waals surface area contributed by atoms with Crippen molar-refractivity contribution in [3.8, 4) is 0 Å². The van der Waals surface area contributed by atoms with E-state index in [2.05, 4.69) is 34.1 Å². The third-order valence-electron chi connectivity index (χ3n) is 4.88. The van der Waals surface area contributed by atoms with Crippen LogP contribution in [0, 0.1) is 0 Å². The van der Waals surface area contributed by atoms with Gasteiger partial charge in [0.05, 0.1) is 0 Å². The van der Waals surface area contributed by atoms with Gasteiger partial charge in [-0.1, -0.05) is 30.3 Å². The summed E-state index contributed by atoms with van der Waals surface area (Å²) in [6.45, 7) is 4.14. The van der Waals surface area contributed by atoms with Crippen molar-refractivity contribution in [2.75, 3.05) is 26.2 Å². The summed E-state index contributed by atoms with van der Waals surface area (Å²) in [4.78, 5) is 31.3. The number of fused-ring (bicyclic) bond motifs is 1. The Kier molecular flexibility index (Phi) is 7.34. The lowest BCUT2D eigenvalue weighted by atomic mass is 10.1. The maximum Gasteiger partial charge on any atom is 0.253 e. The Morgan fingerprint density at radius 1 is 0.929 bits per heavy atom. The Morgan fingerprint density at radius 3 is 2.36 bits per heavy atom. The van der Waals surface area contributed by atoms with Crippen LogP contribution in [0.15, 0.2) is 65.5 Å². The number of piperazine rings is 1. The molecule has 3 N–H and O–H groups in total. The number of nitrogens with zero attached hydrogens (tertiary/aromatic N) is 2. The molecule has 2 heterocycles. The Balaban J connectivity index is 0.00000140. The van der Waals surface area contributed by atoms with Crippen LogP contribution in [0.25, 0.3) is 10.9 Å². The normalized spacial score (nSPS) is 14.2. The molecule has 0 atom stereocenters. The van der Waals surface area contributed by atoms with E-state index in [4.69, 9.17) is 0 Å². The van der Waals surface area contributed by atoms with Crippen molar-refractivity contribution >= 4 is 29.2 Å². The summed E-state index contributed by atoms with van der Waals surface area (Å²) in [7, 11) is 0. The first kappa shape index (κ1) is 21.6. The number of H-pyrrole nitrogens is 1. The summed E-state index contributed by atoms with van der Waals surface area (Å²) in [5.74, 6) is 0.0532. The number of aromatic nitrogens is 1. The molecule has 0 bridgehead atoms. The Hall–Kier alpha value is -2.67. The molecule has 1 aliphatic heterocycles. The van der Waals surface area contributed by atoms with E-state index in [9.17, 15) is 9.59 Å². The van der Waals surface area contributed by atoms with E-state index in [1.165, 1.54) is 11.6 Å². The molecule has 0 aliphatic carbocycles. The third-order valence-corrected chi connectivity index (χ3v) is 4.88. The average Bonchev–Trinajstić information content (AvgIpc) is 2.68. The maximum absolute atomic E-state index is 12.8. The number of benzene rings is 2. The first-order valence-electron chi connectivity index (χ1n) is 8.88. The summed E-state index contributed by atoms with van der Waals surface area (Å²) >= 11 is 0. The number of carbonyl (C=O) groups is 1. The second-order valence-corrected chi connectivity index (χ2v) is 6.68. The molecular weight excluding hydrogens is 378 g/mol. The van der Waals surface area contributed by atoms with Crippen molar-refractivity contribution in [2.45, 2.75) is 6.54 Å². The van der Waals surface area contributed by atoms with Crippen molar-refractivity contribution in [1.82, 2.24) is 14.8 Å². The summed E-state index contributed by atoms with van der Waals surface area (Å²) < 4.78 is 0. The van der Waals surface area contributed by atoms with Crippen molar-refractivity contribution < 1.29 is 10.3 Å². The minimum absolute atomic E-state index is 0. The zero-order valence-electron chi connectivity index (χ0n) is 15.4. The van der Waals surface area contributed by atoms with Crippen molar-refractivity contribution in [1.29, 1.82) is 0 Å². The average molecular weight is 402 g/mol. The van der Waals surface area contributed by atoms with Gasteiger partial charge >= 0.3 is 0 Å². The molecular formula is C21H24ClN3O3. The van der Waals surface area contributed by atoms with E-state index in [0.29, 0.717) is 5.56 Å². The van der Waals surface area contributed by atoms with Crippen LogP contribution in [0.1, 0.15) is 15.9 Å². The van der Waals surface area contributed by atoms with Crippen LogP contribution in [0.3, 0.4) is 0 Å². The van der Waals surface area contributed by atoms with Gasteiger partial charge in [-0.2, -0.15) is 0 Å². The number of hydrogen-bond donors (Lipinski definition) is 1. The molecule has 0 saturated carbocycles. The minimum atomic E-state index is -0.133. The van der Waals surface area contributed by atoms with Gasteiger partial charge in [0.2, 0.25) is 5.56 Å². The van der Waals surface area contributed by atoms with Gasteiger partial charge in [-0.15, -0.1) is 12.4 Å². The van der Waals surface area contributed by atoms with Crippen molar-refractivity contribution in [2.24, 2.45) is 0 Å². The molecule has 4 rings (SSSR count). The monoisotopic (exact) mass is 401 g/mol. The summed E-state index contributed by atoms with van der Waals surface area (Å²) in [5, 5.41) is 0.873. The van der Waals surface area contributed by atoms with Gasteiger partial charge in [-0.25, -0.2) is 0 Å². The van der Waals surface area contributed by atoms with Gasteiger partial charge in [-0.3, -0.25) is 14.5 Å². The molecule has 0 spiro atoms. The molecule has 28 heavy (non-hydrogen) atoms. The molecule has 1 aliphatic rings. The minimum Gasteiger partial charge on any atom is -0.412 e. The number of aromatic amines is 1. The van der Waals surface area contributed by atoms with Crippen LogP contribution in [-0.2, 0) is 6.54 Å². The second kappa shape index (κ2) is 9.50. The predicted octanol–water partition coefficient (Wildman–Crippen LogP) is 2.08. The van der Waals surface area contributed by atoms with Crippen LogP contribution in [-0.4, -0.2) is 52.3 Å². The summed E-state index contributed by atoms with van der Waals surface area (Å²) in [6.07, 6.45) is 0. The zero-order chi connectivity index (χ0) is 17.9. The van der Waals surface area contributed by atoms with E-state index < -0.39 is 0 Å². The lowest BCUT2D eigenvalue weighted by molar-refractivity contribution is 0.0628. The number of pyridine rings is 1. The molecule has 0 unspecified atom stereocenters. The molecule has 1 fully saturated rings. The fourth-order valence-corrected chi connectivity index (χ4v) is 3.42. The molecule has 1 saturated heterocycles. The molecule has 1 amide bonds. The van der Waals surface area contributed by atoms with Crippen molar-refractivity contribution in [3.63, 3.8) is 0 Å². The van der Waals surface area contributed by atoms with E-state index in [1.807, 2.05) is 17.0 Å². The quantitative estimate of drug-likeness (QED) is 0.728. The van der Waals surface area contributed by atoms with Gasteiger partial charge in [0, 0.05) is 49.9 Å². The lowest BCUT2D eigenvalue weighted by Gasteiger charge is -2.34. The zero-order valence-corrected chi connectivity index (χ0v) is 16.2. The lowest BCUT2D eigenvalue weighted by Crippen LogP contribution is -2.48. The molecule has 148 valence electrons. The van der Waals surface area contributed by atoms with Crippen LogP contribution >= 0.6 is 12.4 Å². The topological polar surface area (TPSA) is 87.9 Å². The van der Waals surface area contributed by atoms with Gasteiger partial charge < -0.3 is 15.4 Å². The molecule has 1 aromatic heterocycles. The van der Waals surface area contributed by atoms with Gasteiger partial charge in [0.1, 0.15) is 0 Å². The SMILES string of the molecule is Cl.O.O=C(c1ccc2[nH]c(=O)ccc2c1)N1CCN(Cc2ccccc2)CC1. The highest BCUT2D eigenvalue weighted by Crippen LogP contribution is 2.16. The van der Waals surface area contributed by atoms with E-state index in [-0.39, 0.29) is 29.3 Å². The summed E-state index contributed by atoms with van der Waals surface area (Å²) in [5.41, 5.74) is 2.59. The fourth-order valence-electron chi connectivity index (χ4n) is 3.42. The number of hydrogen-bond acceptors (Lipinski definition) is 3. The van der Waals surface area contributed by atoms with Gasteiger partial charge in [-0.05, 0) is 35.2 Å². The fraction of sp³-hybridized carbons (Fsp3) is 0.238. The van der Waals surface area contributed by atoms with Gasteiger partial charge in [0.25, 0.3) is 5.91 Å². The molecule has 7 heteroatoms. The largest absolute Gasteiger partial charge is 0.412 e. The second-order valence-electron chi connectivity index (χ2n) is 6.68. The smallest absolute Gasteiger partial charge is 0.253 e. The maximum atomic E-state index is 12.8. The highest BCUT2D eigenvalue weighted by atomic mass is 35.5. The van der Waals surface area contributed by atoms with E-state index in [1.54, 1.807) is 18.2 Å². The van der Waals surface area contributed by atoms with Gasteiger partial charge in [0.15, 0.2) is 0 Å². The highest BCUT2D eigenvalue weighted by Gasteiger charge is 2.22. The van der Waals surface area contributed by atoms with Crippen LogP contribution in [0.5, 0.6) is 0 Å². The molecule has 3 aromatic rings.